The van der Waals surface area contributed by atoms with E-state index in [4.69, 9.17) is 19.5 Å². The average molecular weight is 1130 g/mol. The highest BCUT2D eigenvalue weighted by atomic mass is 32.2. The van der Waals surface area contributed by atoms with Crippen LogP contribution in [0.15, 0.2) is 12.7 Å². The molecular weight excluding hydrogens is 1050 g/mol. The summed E-state index contributed by atoms with van der Waals surface area (Å²) in [6.07, 6.45) is 19.5. The molecule has 2 aromatic heterocycles. The van der Waals surface area contributed by atoms with Gasteiger partial charge in [0, 0.05) is 37.1 Å². The number of aromatic nitrogens is 4. The maximum Gasteiger partial charge on any atom is 0.481 e. The van der Waals surface area contributed by atoms with Crippen LogP contribution in [0.5, 0.6) is 0 Å². The van der Waals surface area contributed by atoms with Gasteiger partial charge < -0.3 is 50.9 Å². The summed E-state index contributed by atoms with van der Waals surface area (Å²) in [7, 11) is -16.4. The molecule has 0 saturated carbocycles. The van der Waals surface area contributed by atoms with Gasteiger partial charge >= 0.3 is 23.5 Å². The summed E-state index contributed by atoms with van der Waals surface area (Å²) in [6, 6.07) is 0. The van der Waals surface area contributed by atoms with Crippen molar-refractivity contribution in [1.29, 1.82) is 0 Å². The van der Waals surface area contributed by atoms with Gasteiger partial charge in [0.25, 0.3) is 0 Å². The number of nitrogens with zero attached hydrogens (tertiary/aromatic N) is 4. The number of aliphatic hydroxyl groups excluding tert-OH is 2. The second kappa shape index (κ2) is 33.8. The lowest BCUT2D eigenvalue weighted by molar-refractivity contribution is -0.137. The highest BCUT2D eigenvalue weighted by Gasteiger charge is 2.50. The van der Waals surface area contributed by atoms with Gasteiger partial charge in [0.2, 0.25) is 11.8 Å². The number of amides is 2. The average Bonchev–Trinajstić information content (AvgIpc) is 3.89. The van der Waals surface area contributed by atoms with E-state index >= 15 is 0 Å². The number of aliphatic hydroxyl groups is 2. The van der Waals surface area contributed by atoms with Gasteiger partial charge in [0.1, 0.15) is 36.3 Å². The second-order valence-electron chi connectivity index (χ2n) is 19.7. The van der Waals surface area contributed by atoms with E-state index in [0.29, 0.717) is 18.1 Å². The van der Waals surface area contributed by atoms with E-state index < -0.39 is 84.6 Å². The van der Waals surface area contributed by atoms with E-state index in [9.17, 15) is 57.9 Å². The summed E-state index contributed by atoms with van der Waals surface area (Å²) >= 11 is 1.16. The summed E-state index contributed by atoms with van der Waals surface area (Å²) in [5.41, 5.74) is 4.30. The third kappa shape index (κ3) is 25.8. The molecule has 28 heteroatoms. The largest absolute Gasteiger partial charge is 0.481 e. The Morgan fingerprint density at radius 2 is 1.38 bits per heavy atom. The Balaban J connectivity index is 1.23. The standard InChI is InChI=1S/C46H84N7O17P3S/c1-5-6-7-8-9-10-11-12-13-14-15-16-17-18-20-23-34(2)24-21-19-22-25-37(55)74-29-28-48-36(54)26-27-49-44(58)41(57)46(3,4)31-67-73(64,65)70-72(62,63)66-30-35-40(69-71(59,60)61)39(56)45(68-35)53-33-52-38-42(47)50-32-51-43(38)53/h32-35,39-41,45,56-57H,5-31H2,1-4H3,(H,48,54)(H,49,58)(H,62,63)(H,64,65)(H2,47,50,51)(H2,59,60,61). The molecule has 0 radical (unpaired) electrons. The molecule has 3 rings (SSSR count). The van der Waals surface area contributed by atoms with Crippen molar-refractivity contribution >= 4 is 69.1 Å². The summed E-state index contributed by atoms with van der Waals surface area (Å²) in [5.74, 6) is -0.319. The number of ether oxygens (including phenoxy) is 1. The van der Waals surface area contributed by atoms with E-state index in [1.54, 1.807) is 0 Å². The van der Waals surface area contributed by atoms with Gasteiger partial charge in [0.15, 0.2) is 22.8 Å². The number of rotatable bonds is 41. The van der Waals surface area contributed by atoms with Crippen molar-refractivity contribution in [2.45, 2.75) is 200 Å². The SMILES string of the molecule is CCCCCCCCCCCCCCCCCC(C)CCCCCC(=O)SCCNC(=O)CCNC(=O)C(O)C(C)(C)COP(=O)(O)OP(=O)(O)OCC1OC(n2cnc3c(N)ncnc32)C(O)C1OP(=O)(O)O. The Labute approximate surface area is 439 Å². The quantitative estimate of drug-likeness (QED) is 0.0230. The zero-order valence-corrected chi connectivity index (χ0v) is 47.0. The van der Waals surface area contributed by atoms with Crippen LogP contribution in [0.25, 0.3) is 11.2 Å². The van der Waals surface area contributed by atoms with Crippen molar-refractivity contribution in [1.82, 2.24) is 30.2 Å². The minimum absolute atomic E-state index is 0.0344. The number of nitrogens with one attached hydrogen (secondary N) is 2. The second-order valence-corrected chi connectivity index (χ2v) is 25.1. The number of phosphoric acid groups is 3. The summed E-state index contributed by atoms with van der Waals surface area (Å²) < 4.78 is 62.6. The third-order valence-electron chi connectivity index (χ3n) is 12.6. The molecule has 1 fully saturated rings. The molecule has 2 amide bonds. The van der Waals surface area contributed by atoms with Gasteiger partial charge in [-0.3, -0.25) is 32.5 Å². The van der Waals surface area contributed by atoms with E-state index in [0.717, 1.165) is 48.2 Å². The van der Waals surface area contributed by atoms with Crippen LogP contribution in [0, 0.1) is 11.3 Å². The van der Waals surface area contributed by atoms with Gasteiger partial charge in [-0.15, -0.1) is 0 Å². The van der Waals surface area contributed by atoms with Gasteiger partial charge in [0.05, 0.1) is 19.5 Å². The molecular formula is C46H84N7O17P3S. The van der Waals surface area contributed by atoms with Crippen molar-refractivity contribution in [3.8, 4) is 0 Å². The fourth-order valence-electron chi connectivity index (χ4n) is 8.31. The topological polar surface area (TPSA) is 364 Å². The fourth-order valence-corrected chi connectivity index (χ4v) is 11.9. The van der Waals surface area contributed by atoms with Crippen LogP contribution in [-0.4, -0.2) is 123 Å². The molecule has 2 aromatic rings. The summed E-state index contributed by atoms with van der Waals surface area (Å²) in [5, 5.41) is 26.8. The molecule has 426 valence electrons. The monoisotopic (exact) mass is 1130 g/mol. The Morgan fingerprint density at radius 3 is 1.97 bits per heavy atom. The first-order chi connectivity index (χ1) is 34.9. The molecule has 1 aliphatic rings. The lowest BCUT2D eigenvalue weighted by Gasteiger charge is -2.30. The first-order valence-electron chi connectivity index (χ1n) is 26.0. The van der Waals surface area contributed by atoms with Crippen LogP contribution < -0.4 is 16.4 Å². The van der Waals surface area contributed by atoms with Crippen LogP contribution in [-0.2, 0) is 50.7 Å². The maximum absolute atomic E-state index is 12.8. The van der Waals surface area contributed by atoms with Crippen molar-refractivity contribution in [3.05, 3.63) is 12.7 Å². The predicted octanol–water partition coefficient (Wildman–Crippen LogP) is 7.51. The molecule has 0 spiro atoms. The normalized spacial score (nSPS) is 19.8. The van der Waals surface area contributed by atoms with Crippen molar-refractivity contribution in [2.24, 2.45) is 11.3 Å². The van der Waals surface area contributed by atoms with Crippen molar-refractivity contribution in [2.75, 3.05) is 37.8 Å². The number of unbranched alkanes of at least 4 members (excludes halogenated alkanes) is 16. The summed E-state index contributed by atoms with van der Waals surface area (Å²) in [4.78, 5) is 88.7. The summed E-state index contributed by atoms with van der Waals surface area (Å²) in [6.45, 7) is 5.17. The number of fused-ring (bicyclic) bond motifs is 1. The van der Waals surface area contributed by atoms with Crippen LogP contribution in [0.3, 0.4) is 0 Å². The lowest BCUT2D eigenvalue weighted by atomic mass is 9.87. The number of nitrogens with two attached hydrogens (primary N) is 1. The molecule has 24 nitrogen and oxygen atoms in total. The number of thioether (sulfide) groups is 1. The highest BCUT2D eigenvalue weighted by Crippen LogP contribution is 2.61. The fraction of sp³-hybridized carbons (Fsp3) is 0.826. The van der Waals surface area contributed by atoms with Crippen molar-refractivity contribution in [3.63, 3.8) is 0 Å². The van der Waals surface area contributed by atoms with E-state index in [1.165, 1.54) is 123 Å². The number of hydrogen-bond acceptors (Lipinski definition) is 18. The van der Waals surface area contributed by atoms with Crippen LogP contribution in [0.4, 0.5) is 5.82 Å². The first kappa shape index (κ1) is 65.8. The van der Waals surface area contributed by atoms with Gasteiger partial charge in [-0.1, -0.05) is 161 Å². The van der Waals surface area contributed by atoms with E-state index in [1.807, 2.05) is 0 Å². The predicted molar refractivity (Wildman–Crippen MR) is 279 cm³/mol. The van der Waals surface area contributed by atoms with Gasteiger partial charge in [-0.25, -0.2) is 28.6 Å². The van der Waals surface area contributed by atoms with Crippen molar-refractivity contribution < 1.29 is 80.5 Å². The molecule has 74 heavy (non-hydrogen) atoms. The first-order valence-corrected chi connectivity index (χ1v) is 31.5. The molecule has 0 aliphatic carbocycles. The zero-order valence-electron chi connectivity index (χ0n) is 43.5. The lowest BCUT2D eigenvalue weighted by Crippen LogP contribution is -2.46. The number of nitrogen functional groups attached to an aromatic ring is 1. The molecule has 10 N–H and O–H groups in total. The van der Waals surface area contributed by atoms with E-state index in [2.05, 4.69) is 48.3 Å². The Morgan fingerprint density at radius 1 is 0.811 bits per heavy atom. The molecule has 8 atom stereocenters. The number of imidazole rings is 1. The van der Waals surface area contributed by atoms with Gasteiger partial charge in [-0.2, -0.15) is 4.31 Å². The third-order valence-corrected chi connectivity index (χ3v) is 16.7. The highest BCUT2D eigenvalue weighted by molar-refractivity contribution is 8.13. The molecule has 0 aromatic carbocycles. The Bertz CT molecular complexity index is 2140. The Hall–Kier alpha value is -2.44. The number of anilines is 1. The molecule has 1 aliphatic heterocycles. The van der Waals surface area contributed by atoms with Crippen LogP contribution >= 0.6 is 35.2 Å². The Kier molecular flexibility index (Phi) is 30.0. The van der Waals surface area contributed by atoms with Gasteiger partial charge in [-0.05, 0) is 12.3 Å². The number of carbonyl (C=O) groups excluding carboxylic acids is 3. The minimum atomic E-state index is -5.58. The molecule has 0 bridgehead atoms. The van der Waals surface area contributed by atoms with Crippen LogP contribution in [0.2, 0.25) is 0 Å². The number of phosphoric ester groups is 3. The maximum atomic E-state index is 12.8. The van der Waals surface area contributed by atoms with Crippen LogP contribution in [0.1, 0.15) is 175 Å². The zero-order chi connectivity index (χ0) is 54.8. The molecule has 8 unspecified atom stereocenters. The molecule has 1 saturated heterocycles. The molecule has 3 heterocycles. The number of hydrogen-bond donors (Lipinski definition) is 9. The number of carbonyl (C=O) groups is 3. The van der Waals surface area contributed by atoms with E-state index in [-0.39, 0.29) is 41.6 Å². The smallest absolute Gasteiger partial charge is 0.386 e. The minimum Gasteiger partial charge on any atom is -0.386 e.